The molecule has 2 aromatic rings. The first-order chi connectivity index (χ1) is 9.00. The molecule has 1 aromatic heterocycles. The first-order valence-corrected chi connectivity index (χ1v) is 6.00. The number of benzene rings is 1. The minimum atomic E-state index is -1.15. The summed E-state index contributed by atoms with van der Waals surface area (Å²) in [5, 5.41) is 19.3. The van der Waals surface area contributed by atoms with Crippen molar-refractivity contribution < 1.29 is 19.4 Å². The fourth-order valence-corrected chi connectivity index (χ4v) is 1.60. The van der Waals surface area contributed by atoms with Crippen LogP contribution in [0.2, 0.25) is 0 Å². The van der Waals surface area contributed by atoms with Crippen molar-refractivity contribution in [2.45, 2.75) is 18.9 Å². The van der Waals surface area contributed by atoms with Gasteiger partial charge in [0.25, 0.3) is 0 Å². The Kier molecular flexibility index (Phi) is 3.87. The number of ether oxygens (including phenoxy) is 1. The molecule has 1 unspecified atom stereocenters. The van der Waals surface area contributed by atoms with Gasteiger partial charge in [-0.3, -0.25) is 0 Å². The summed E-state index contributed by atoms with van der Waals surface area (Å²) in [4.78, 5) is 11.1. The van der Waals surface area contributed by atoms with Crippen LogP contribution < -0.4 is 10.4 Å². The van der Waals surface area contributed by atoms with Crippen LogP contribution in [0, 0.1) is 0 Å². The molecule has 0 fully saturated rings. The number of rotatable bonds is 5. The van der Waals surface area contributed by atoms with Crippen LogP contribution in [-0.2, 0) is 0 Å². The quantitative estimate of drug-likeness (QED) is 0.796. The highest BCUT2D eigenvalue weighted by atomic mass is 16.5. The zero-order valence-corrected chi connectivity index (χ0v) is 10.6. The summed E-state index contributed by atoms with van der Waals surface area (Å²) in [7, 11) is 0. The lowest BCUT2D eigenvalue weighted by atomic mass is 10.1. The van der Waals surface area contributed by atoms with E-state index >= 15 is 0 Å². The highest BCUT2D eigenvalue weighted by molar-refractivity contribution is 5.77. The second kappa shape index (κ2) is 5.42. The minimum absolute atomic E-state index is 0.260. The molecular formula is C14H16O5. The Hall–Kier alpha value is -1.85. The Labute approximate surface area is 110 Å². The third kappa shape index (κ3) is 3.56. The van der Waals surface area contributed by atoms with Crippen molar-refractivity contribution in [3.05, 3.63) is 40.8 Å². The van der Waals surface area contributed by atoms with Gasteiger partial charge in [0.2, 0.25) is 0 Å². The third-order valence-corrected chi connectivity index (χ3v) is 2.84. The molecule has 5 heteroatoms. The molecule has 0 amide bonds. The number of aliphatic hydroxyl groups is 2. The Bertz CT molecular complexity index is 615. The Morgan fingerprint density at radius 1 is 1.32 bits per heavy atom. The van der Waals surface area contributed by atoms with E-state index in [0.717, 1.165) is 5.39 Å². The number of fused-ring (bicyclic) bond motifs is 1. The largest absolute Gasteiger partial charge is 0.493 e. The van der Waals surface area contributed by atoms with E-state index in [-0.39, 0.29) is 13.2 Å². The van der Waals surface area contributed by atoms with Crippen molar-refractivity contribution in [3.63, 3.8) is 0 Å². The molecular weight excluding hydrogens is 248 g/mol. The first-order valence-electron chi connectivity index (χ1n) is 6.00. The van der Waals surface area contributed by atoms with Crippen LogP contribution in [0.25, 0.3) is 11.0 Å². The Balaban J connectivity index is 2.07. The van der Waals surface area contributed by atoms with Crippen molar-refractivity contribution in [2.24, 2.45) is 0 Å². The van der Waals surface area contributed by atoms with Crippen molar-refractivity contribution >= 4 is 11.0 Å². The molecule has 1 atom stereocenters. The van der Waals surface area contributed by atoms with Gasteiger partial charge in [-0.25, -0.2) is 4.79 Å². The van der Waals surface area contributed by atoms with Gasteiger partial charge in [-0.2, -0.15) is 0 Å². The second-order valence-corrected chi connectivity index (χ2v) is 4.71. The molecule has 1 heterocycles. The minimum Gasteiger partial charge on any atom is -0.493 e. The molecule has 19 heavy (non-hydrogen) atoms. The molecule has 0 aliphatic carbocycles. The summed E-state index contributed by atoms with van der Waals surface area (Å²) in [6.07, 6.45) is 0.306. The van der Waals surface area contributed by atoms with Crippen LogP contribution in [-0.4, -0.2) is 29.0 Å². The van der Waals surface area contributed by atoms with Crippen LogP contribution in [0.4, 0.5) is 0 Å². The molecule has 1 aromatic carbocycles. The highest BCUT2D eigenvalue weighted by Gasteiger charge is 2.18. The normalized spacial score (nSPS) is 14.3. The summed E-state index contributed by atoms with van der Waals surface area (Å²) < 4.78 is 10.5. The zero-order valence-electron chi connectivity index (χ0n) is 10.6. The topological polar surface area (TPSA) is 79.9 Å². The average Bonchev–Trinajstić information content (AvgIpc) is 2.38. The molecule has 0 aliphatic rings. The molecule has 0 spiro atoms. The third-order valence-electron chi connectivity index (χ3n) is 2.84. The fourth-order valence-electron chi connectivity index (χ4n) is 1.60. The van der Waals surface area contributed by atoms with E-state index in [0.29, 0.717) is 17.8 Å². The van der Waals surface area contributed by atoms with Gasteiger partial charge in [0, 0.05) is 23.9 Å². The highest BCUT2D eigenvalue weighted by Crippen LogP contribution is 2.20. The van der Waals surface area contributed by atoms with Crippen molar-refractivity contribution in [1.29, 1.82) is 0 Å². The van der Waals surface area contributed by atoms with Gasteiger partial charge in [0.05, 0.1) is 18.8 Å². The van der Waals surface area contributed by atoms with Crippen molar-refractivity contribution in [3.8, 4) is 5.75 Å². The molecule has 0 bridgehead atoms. The molecule has 0 saturated carbocycles. The average molecular weight is 264 g/mol. The fraction of sp³-hybridized carbons (Fsp3) is 0.357. The van der Waals surface area contributed by atoms with E-state index in [9.17, 15) is 9.90 Å². The van der Waals surface area contributed by atoms with Crippen LogP contribution in [0.3, 0.4) is 0 Å². The molecule has 5 nitrogen and oxygen atoms in total. The summed E-state index contributed by atoms with van der Waals surface area (Å²) in [6.45, 7) is 1.48. The number of hydrogen-bond acceptors (Lipinski definition) is 5. The van der Waals surface area contributed by atoms with E-state index in [1.807, 2.05) is 0 Å². The van der Waals surface area contributed by atoms with Crippen LogP contribution in [0.15, 0.2) is 39.5 Å². The standard InChI is InChI=1S/C14H16O5/c1-14(17,9-15)6-7-18-11-4-2-10-3-5-13(16)19-12(10)8-11/h2-5,8,15,17H,6-7,9H2,1H3. The summed E-state index contributed by atoms with van der Waals surface area (Å²) in [6, 6.07) is 8.22. The maximum atomic E-state index is 11.1. The van der Waals surface area contributed by atoms with Gasteiger partial charge < -0.3 is 19.4 Å². The van der Waals surface area contributed by atoms with Crippen LogP contribution in [0.5, 0.6) is 5.75 Å². The SMILES string of the molecule is CC(O)(CO)CCOc1ccc2ccc(=O)oc2c1. The Morgan fingerprint density at radius 2 is 2.05 bits per heavy atom. The predicted molar refractivity (Wildman–Crippen MR) is 70.3 cm³/mol. The lowest BCUT2D eigenvalue weighted by molar-refractivity contribution is -0.0139. The second-order valence-electron chi connectivity index (χ2n) is 4.71. The molecule has 2 rings (SSSR count). The van der Waals surface area contributed by atoms with E-state index in [1.54, 1.807) is 24.3 Å². The van der Waals surface area contributed by atoms with Gasteiger partial charge in [-0.15, -0.1) is 0 Å². The smallest absolute Gasteiger partial charge is 0.336 e. The molecule has 2 N–H and O–H groups in total. The molecule has 0 saturated heterocycles. The number of aliphatic hydroxyl groups excluding tert-OH is 1. The number of hydrogen-bond donors (Lipinski definition) is 2. The van der Waals surface area contributed by atoms with Gasteiger partial charge in [0.1, 0.15) is 11.3 Å². The molecule has 0 aliphatic heterocycles. The van der Waals surface area contributed by atoms with Gasteiger partial charge in [-0.1, -0.05) is 0 Å². The van der Waals surface area contributed by atoms with Gasteiger partial charge >= 0.3 is 5.63 Å². The summed E-state index contributed by atoms with van der Waals surface area (Å²) >= 11 is 0. The van der Waals surface area contributed by atoms with E-state index < -0.39 is 11.2 Å². The molecule has 102 valence electrons. The first kappa shape index (κ1) is 13.6. The monoisotopic (exact) mass is 264 g/mol. The van der Waals surface area contributed by atoms with E-state index in [4.69, 9.17) is 14.3 Å². The van der Waals surface area contributed by atoms with Crippen LogP contribution in [0.1, 0.15) is 13.3 Å². The predicted octanol–water partition coefficient (Wildman–Crippen LogP) is 1.31. The van der Waals surface area contributed by atoms with Crippen molar-refractivity contribution in [1.82, 2.24) is 0 Å². The van der Waals surface area contributed by atoms with Gasteiger partial charge in [0.15, 0.2) is 0 Å². The van der Waals surface area contributed by atoms with E-state index in [1.165, 1.54) is 13.0 Å². The Morgan fingerprint density at radius 3 is 2.79 bits per heavy atom. The van der Waals surface area contributed by atoms with Crippen molar-refractivity contribution in [2.75, 3.05) is 13.2 Å². The maximum Gasteiger partial charge on any atom is 0.336 e. The lowest BCUT2D eigenvalue weighted by Gasteiger charge is -2.20. The summed E-state index contributed by atoms with van der Waals surface area (Å²) in [5.74, 6) is 0.551. The van der Waals surface area contributed by atoms with Crippen LogP contribution >= 0.6 is 0 Å². The lowest BCUT2D eigenvalue weighted by Crippen LogP contribution is -2.31. The summed E-state index contributed by atoms with van der Waals surface area (Å²) in [5.41, 5.74) is -1.10. The van der Waals surface area contributed by atoms with E-state index in [2.05, 4.69) is 0 Å². The maximum absolute atomic E-state index is 11.1. The molecule has 0 radical (unpaired) electrons. The zero-order chi connectivity index (χ0) is 13.9. The van der Waals surface area contributed by atoms with Gasteiger partial charge in [-0.05, 0) is 25.1 Å².